The van der Waals surface area contributed by atoms with E-state index in [0.29, 0.717) is 41.5 Å². The molecule has 3 heterocycles. The lowest BCUT2D eigenvalue weighted by atomic mass is 10.1. The van der Waals surface area contributed by atoms with Crippen LogP contribution in [0.4, 0.5) is 35.2 Å². The standard InChI is InChI=1S/C22H20F3N5O/c1-14-11-27-19-8-7-18(15-4-2-5-16(10-15)22(23,24)25)29-20(19)30(13-14)21(31)28-17-6-3-9-26-12-17/h2-10,12,14,27H,11,13H2,1H3,(H,28,31)/t14-/m1/s1. The first-order valence-electron chi connectivity index (χ1n) is 9.72. The summed E-state index contributed by atoms with van der Waals surface area (Å²) in [5, 5.41) is 6.06. The first kappa shape index (κ1) is 20.6. The predicted molar refractivity (Wildman–Crippen MR) is 113 cm³/mol. The van der Waals surface area contributed by atoms with Gasteiger partial charge < -0.3 is 10.6 Å². The Morgan fingerprint density at radius 1 is 1.19 bits per heavy atom. The molecular formula is C22H20F3N5O. The molecule has 2 N–H and O–H groups in total. The highest BCUT2D eigenvalue weighted by molar-refractivity contribution is 6.03. The SMILES string of the molecule is C[C@@H]1CNc2ccc(-c3cccc(C(F)(F)F)c3)nc2N(C(=O)Nc2cccnc2)C1. The van der Waals surface area contributed by atoms with Crippen molar-refractivity contribution in [1.29, 1.82) is 0 Å². The Balaban J connectivity index is 1.71. The molecule has 0 aliphatic carbocycles. The van der Waals surface area contributed by atoms with Gasteiger partial charge in [-0.2, -0.15) is 13.2 Å². The number of nitrogens with one attached hydrogen (secondary N) is 2. The lowest BCUT2D eigenvalue weighted by Crippen LogP contribution is -2.38. The maximum absolute atomic E-state index is 13.1. The molecule has 3 aromatic rings. The molecule has 1 atom stereocenters. The van der Waals surface area contributed by atoms with Gasteiger partial charge >= 0.3 is 12.2 Å². The number of benzene rings is 1. The van der Waals surface area contributed by atoms with Crippen LogP contribution in [-0.2, 0) is 6.18 Å². The number of urea groups is 1. The molecule has 0 saturated heterocycles. The number of hydrogen-bond donors (Lipinski definition) is 2. The van der Waals surface area contributed by atoms with Crippen LogP contribution in [0.5, 0.6) is 0 Å². The highest BCUT2D eigenvalue weighted by atomic mass is 19.4. The Morgan fingerprint density at radius 2 is 2.03 bits per heavy atom. The molecule has 0 saturated carbocycles. The van der Waals surface area contributed by atoms with E-state index in [-0.39, 0.29) is 5.92 Å². The molecule has 0 bridgehead atoms. The molecule has 31 heavy (non-hydrogen) atoms. The number of amides is 2. The number of hydrogen-bond acceptors (Lipinski definition) is 4. The van der Waals surface area contributed by atoms with Crippen molar-refractivity contribution in [2.75, 3.05) is 28.6 Å². The molecule has 0 unspecified atom stereocenters. The largest absolute Gasteiger partial charge is 0.416 e. The fraction of sp³-hybridized carbons (Fsp3) is 0.227. The number of carbonyl (C=O) groups excluding carboxylic acids is 1. The van der Waals surface area contributed by atoms with Gasteiger partial charge in [0.05, 0.1) is 28.8 Å². The van der Waals surface area contributed by atoms with Crippen LogP contribution in [0.25, 0.3) is 11.3 Å². The molecule has 6 nitrogen and oxygen atoms in total. The molecule has 0 fully saturated rings. The number of rotatable bonds is 2. The minimum Gasteiger partial charge on any atom is -0.382 e. The zero-order chi connectivity index (χ0) is 22.0. The first-order valence-corrected chi connectivity index (χ1v) is 9.72. The van der Waals surface area contributed by atoms with E-state index in [9.17, 15) is 18.0 Å². The van der Waals surface area contributed by atoms with Crippen LogP contribution in [0.2, 0.25) is 0 Å². The van der Waals surface area contributed by atoms with Crippen molar-refractivity contribution in [2.45, 2.75) is 13.1 Å². The zero-order valence-corrected chi connectivity index (χ0v) is 16.6. The number of fused-ring (bicyclic) bond motifs is 1. The molecule has 9 heteroatoms. The van der Waals surface area contributed by atoms with Crippen molar-refractivity contribution in [3.8, 4) is 11.3 Å². The Kier molecular flexibility index (Phi) is 5.50. The molecule has 4 rings (SSSR count). The Bertz CT molecular complexity index is 1090. The third-order valence-electron chi connectivity index (χ3n) is 4.91. The highest BCUT2D eigenvalue weighted by Crippen LogP contribution is 2.34. The normalized spacial score (nSPS) is 16.1. The zero-order valence-electron chi connectivity index (χ0n) is 16.6. The van der Waals surface area contributed by atoms with E-state index in [4.69, 9.17) is 0 Å². The van der Waals surface area contributed by atoms with Gasteiger partial charge in [-0.1, -0.05) is 19.1 Å². The van der Waals surface area contributed by atoms with E-state index in [2.05, 4.69) is 20.6 Å². The van der Waals surface area contributed by atoms with Gasteiger partial charge in [-0.3, -0.25) is 9.88 Å². The number of carbonyl (C=O) groups is 1. The Labute approximate surface area is 177 Å². The number of pyridine rings is 2. The molecule has 1 aliphatic rings. The van der Waals surface area contributed by atoms with Gasteiger partial charge in [0.1, 0.15) is 0 Å². The third-order valence-corrected chi connectivity index (χ3v) is 4.91. The monoisotopic (exact) mass is 427 g/mol. The summed E-state index contributed by atoms with van der Waals surface area (Å²) < 4.78 is 39.4. The molecule has 160 valence electrons. The van der Waals surface area contributed by atoms with E-state index in [1.54, 1.807) is 36.5 Å². The molecular weight excluding hydrogens is 407 g/mol. The lowest BCUT2D eigenvalue weighted by Gasteiger charge is -2.23. The molecule has 2 amide bonds. The summed E-state index contributed by atoms with van der Waals surface area (Å²) in [7, 11) is 0. The average molecular weight is 427 g/mol. The average Bonchev–Trinajstić information content (AvgIpc) is 2.92. The van der Waals surface area contributed by atoms with E-state index >= 15 is 0 Å². The topological polar surface area (TPSA) is 70.2 Å². The predicted octanol–water partition coefficient (Wildman–Crippen LogP) is 5.26. The van der Waals surface area contributed by atoms with E-state index in [1.807, 2.05) is 6.92 Å². The molecule has 0 radical (unpaired) electrons. The molecule has 1 aromatic carbocycles. The van der Waals surface area contributed by atoms with Crippen LogP contribution >= 0.6 is 0 Å². The van der Waals surface area contributed by atoms with Crippen molar-refractivity contribution in [3.05, 3.63) is 66.5 Å². The van der Waals surface area contributed by atoms with E-state index < -0.39 is 17.8 Å². The minimum absolute atomic E-state index is 0.130. The van der Waals surface area contributed by atoms with Crippen molar-refractivity contribution in [2.24, 2.45) is 5.92 Å². The summed E-state index contributed by atoms with van der Waals surface area (Å²) in [5.41, 5.74) is 1.09. The summed E-state index contributed by atoms with van der Waals surface area (Å²) >= 11 is 0. The highest BCUT2D eigenvalue weighted by Gasteiger charge is 2.31. The van der Waals surface area contributed by atoms with Crippen LogP contribution in [0, 0.1) is 5.92 Å². The molecule has 2 aromatic heterocycles. The number of alkyl halides is 3. The van der Waals surface area contributed by atoms with E-state index in [1.165, 1.54) is 17.2 Å². The summed E-state index contributed by atoms with van der Waals surface area (Å²) in [4.78, 5) is 23.1. The van der Waals surface area contributed by atoms with Gasteiger partial charge in [-0.25, -0.2) is 9.78 Å². The summed E-state index contributed by atoms with van der Waals surface area (Å²) in [6.45, 7) is 3.02. The van der Waals surface area contributed by atoms with Crippen LogP contribution in [0.3, 0.4) is 0 Å². The van der Waals surface area contributed by atoms with Crippen molar-refractivity contribution >= 4 is 23.2 Å². The van der Waals surface area contributed by atoms with Crippen LogP contribution < -0.4 is 15.5 Å². The number of halogens is 3. The Hall–Kier alpha value is -3.62. The maximum atomic E-state index is 13.1. The van der Waals surface area contributed by atoms with Crippen molar-refractivity contribution in [1.82, 2.24) is 9.97 Å². The Morgan fingerprint density at radius 3 is 2.77 bits per heavy atom. The molecule has 1 aliphatic heterocycles. The second-order valence-corrected chi connectivity index (χ2v) is 7.41. The number of aromatic nitrogens is 2. The second kappa shape index (κ2) is 8.25. The second-order valence-electron chi connectivity index (χ2n) is 7.41. The van der Waals surface area contributed by atoms with Gasteiger partial charge in [-0.15, -0.1) is 0 Å². The lowest BCUT2D eigenvalue weighted by molar-refractivity contribution is -0.137. The smallest absolute Gasteiger partial charge is 0.382 e. The van der Waals surface area contributed by atoms with Gasteiger partial charge in [0.15, 0.2) is 5.82 Å². The van der Waals surface area contributed by atoms with Crippen molar-refractivity contribution in [3.63, 3.8) is 0 Å². The van der Waals surface area contributed by atoms with E-state index in [0.717, 1.165) is 12.1 Å². The van der Waals surface area contributed by atoms with Crippen LogP contribution in [0.1, 0.15) is 12.5 Å². The third kappa shape index (κ3) is 4.60. The van der Waals surface area contributed by atoms with Gasteiger partial charge in [0.2, 0.25) is 0 Å². The summed E-state index contributed by atoms with van der Waals surface area (Å²) in [6.07, 6.45) is -1.31. The van der Waals surface area contributed by atoms with Crippen molar-refractivity contribution < 1.29 is 18.0 Å². The molecule has 0 spiro atoms. The minimum atomic E-state index is -4.45. The maximum Gasteiger partial charge on any atom is 0.416 e. The fourth-order valence-electron chi connectivity index (χ4n) is 3.36. The van der Waals surface area contributed by atoms with Gasteiger partial charge in [-0.05, 0) is 42.3 Å². The number of nitrogens with zero attached hydrogens (tertiary/aromatic N) is 3. The fourth-order valence-corrected chi connectivity index (χ4v) is 3.36. The number of anilines is 3. The van der Waals surface area contributed by atoms with Crippen LogP contribution in [-0.4, -0.2) is 29.1 Å². The summed E-state index contributed by atoms with van der Waals surface area (Å²) in [6, 6.07) is 11.4. The summed E-state index contributed by atoms with van der Waals surface area (Å²) in [5.74, 6) is 0.492. The van der Waals surface area contributed by atoms with Crippen LogP contribution in [0.15, 0.2) is 60.9 Å². The first-order chi connectivity index (χ1) is 14.8. The quantitative estimate of drug-likeness (QED) is 0.585. The van der Waals surface area contributed by atoms with Gasteiger partial charge in [0, 0.05) is 24.8 Å². The van der Waals surface area contributed by atoms with Gasteiger partial charge in [0.25, 0.3) is 0 Å².